The zero-order valence-electron chi connectivity index (χ0n) is 18.3. The molecule has 170 valence electrons. The van der Waals surface area contributed by atoms with Crippen LogP contribution in [0.2, 0.25) is 5.02 Å². The van der Waals surface area contributed by atoms with Gasteiger partial charge in [-0.1, -0.05) is 11.6 Å². The van der Waals surface area contributed by atoms with E-state index in [1.54, 1.807) is 35.2 Å². The minimum Gasteiger partial charge on any atom is -0.324 e. The van der Waals surface area contributed by atoms with Crippen molar-refractivity contribution in [2.24, 2.45) is 0 Å². The largest absolute Gasteiger partial charge is 0.328 e. The van der Waals surface area contributed by atoms with Crippen molar-refractivity contribution in [1.82, 2.24) is 24.1 Å². The van der Waals surface area contributed by atoms with E-state index in [2.05, 4.69) is 10.00 Å². The molecule has 0 atom stereocenters. The van der Waals surface area contributed by atoms with E-state index in [0.29, 0.717) is 46.4 Å². The fraction of sp³-hybridized carbons (Fsp3) is 0.292. The normalized spacial score (nSPS) is 15.1. The maximum absolute atomic E-state index is 14.2. The van der Waals surface area contributed by atoms with E-state index in [1.807, 2.05) is 14.1 Å². The van der Waals surface area contributed by atoms with Gasteiger partial charge in [0.25, 0.3) is 5.56 Å². The maximum Gasteiger partial charge on any atom is 0.328 e. The smallest absolute Gasteiger partial charge is 0.324 e. The molecule has 1 saturated heterocycles. The van der Waals surface area contributed by atoms with Gasteiger partial charge in [-0.05, 0) is 69.4 Å². The van der Waals surface area contributed by atoms with Gasteiger partial charge in [0.1, 0.15) is 11.5 Å². The van der Waals surface area contributed by atoms with Crippen LogP contribution in [-0.4, -0.2) is 63.4 Å². The Bertz CT molecular complexity index is 1370. The molecule has 0 bridgehead atoms. The second-order valence-corrected chi connectivity index (χ2v) is 9.02. The molecule has 0 N–H and O–H groups in total. The molecule has 0 spiro atoms. The molecule has 2 aromatic carbocycles. The molecule has 2 aromatic rings. The average Bonchev–Trinajstić information content (AvgIpc) is 3.15. The van der Waals surface area contributed by atoms with Crippen molar-refractivity contribution in [3.8, 4) is 16.9 Å². The first-order valence-corrected chi connectivity index (χ1v) is 11.2. The lowest BCUT2D eigenvalue weighted by molar-refractivity contribution is 0.149. The molecule has 0 saturated carbocycles. The van der Waals surface area contributed by atoms with E-state index in [4.69, 9.17) is 11.6 Å². The van der Waals surface area contributed by atoms with E-state index in [0.717, 1.165) is 12.8 Å². The van der Waals surface area contributed by atoms with Crippen molar-refractivity contribution in [3.63, 3.8) is 0 Å². The first-order valence-electron chi connectivity index (χ1n) is 10.8. The standard InChI is InChI=1S/C24H23ClFN5O2/c1-28(2)17-9-11-29(12-10-17)24(33)30-14-20-22(19-13-16(26)5-8-21(19)30)27-31(23(20)32)18-6-3-15(25)4-7-18/h3-8,13-14,17H,9-12H2,1-2H3. The average molecular weight is 468 g/mol. The molecular formula is C24H23ClFN5O2. The van der Waals surface area contributed by atoms with Crippen molar-refractivity contribution < 1.29 is 9.18 Å². The van der Waals surface area contributed by atoms with Crippen LogP contribution >= 0.6 is 11.6 Å². The van der Waals surface area contributed by atoms with Crippen LogP contribution < -0.4 is 5.56 Å². The molecule has 3 aliphatic rings. The van der Waals surface area contributed by atoms with Crippen molar-refractivity contribution in [2.45, 2.75) is 18.9 Å². The summed E-state index contributed by atoms with van der Waals surface area (Å²) in [5.74, 6) is -0.464. The van der Waals surface area contributed by atoms with E-state index < -0.39 is 5.82 Å². The number of halogens is 2. The molecular weight excluding hydrogens is 445 g/mol. The summed E-state index contributed by atoms with van der Waals surface area (Å²) in [5.41, 5.74) is 1.25. The van der Waals surface area contributed by atoms with E-state index in [1.165, 1.54) is 27.6 Å². The minimum absolute atomic E-state index is 0.232. The molecule has 3 aliphatic heterocycles. The van der Waals surface area contributed by atoms with Crippen LogP contribution in [0.15, 0.2) is 53.5 Å². The van der Waals surface area contributed by atoms with Crippen LogP contribution in [0.1, 0.15) is 12.8 Å². The first-order chi connectivity index (χ1) is 15.8. The number of piperidine rings is 1. The number of carbonyl (C=O) groups excluding carboxylic acids is 1. The van der Waals surface area contributed by atoms with Gasteiger partial charge < -0.3 is 9.80 Å². The number of amides is 1. The van der Waals surface area contributed by atoms with Crippen molar-refractivity contribution >= 4 is 28.5 Å². The van der Waals surface area contributed by atoms with Gasteiger partial charge in [-0.2, -0.15) is 9.78 Å². The highest BCUT2D eigenvalue weighted by Gasteiger charge is 2.28. The Balaban J connectivity index is 1.64. The van der Waals surface area contributed by atoms with Crippen LogP contribution in [0.5, 0.6) is 0 Å². The second kappa shape index (κ2) is 8.28. The number of fused-ring (bicyclic) bond motifs is 3. The lowest BCUT2D eigenvalue weighted by atomic mass is 10.0. The zero-order chi connectivity index (χ0) is 23.3. The lowest BCUT2D eigenvalue weighted by Crippen LogP contribution is -2.46. The van der Waals surface area contributed by atoms with Gasteiger partial charge in [-0.25, -0.2) is 9.18 Å². The molecule has 0 unspecified atom stereocenters. The summed E-state index contributed by atoms with van der Waals surface area (Å²) in [6.45, 7) is 1.23. The Hall–Kier alpha value is -3.23. The number of hydrogen-bond acceptors (Lipinski definition) is 4. The monoisotopic (exact) mass is 467 g/mol. The van der Waals surface area contributed by atoms with Gasteiger partial charge in [0.2, 0.25) is 0 Å². The molecule has 0 aromatic heterocycles. The van der Waals surface area contributed by atoms with Crippen LogP contribution in [0.25, 0.3) is 27.8 Å². The van der Waals surface area contributed by atoms with Gasteiger partial charge in [-0.3, -0.25) is 9.36 Å². The number of carbonyl (C=O) groups is 1. The summed E-state index contributed by atoms with van der Waals surface area (Å²) in [6.07, 6.45) is 3.27. The molecule has 5 rings (SSSR count). The lowest BCUT2D eigenvalue weighted by Gasteiger charge is -2.35. The Morgan fingerprint density at radius 1 is 1.12 bits per heavy atom. The number of hydrogen-bond donors (Lipinski definition) is 0. The fourth-order valence-corrected chi connectivity index (χ4v) is 4.60. The van der Waals surface area contributed by atoms with E-state index in [9.17, 15) is 14.0 Å². The molecule has 9 heteroatoms. The van der Waals surface area contributed by atoms with Crippen molar-refractivity contribution in [3.05, 3.63) is 69.9 Å². The Labute approximate surface area is 194 Å². The first kappa shape index (κ1) is 21.6. The predicted octanol–water partition coefficient (Wildman–Crippen LogP) is 4.08. The van der Waals surface area contributed by atoms with Crippen LogP contribution in [0.3, 0.4) is 0 Å². The highest BCUT2D eigenvalue weighted by molar-refractivity contribution is 6.30. The van der Waals surface area contributed by atoms with Gasteiger partial charge in [0, 0.05) is 35.7 Å². The van der Waals surface area contributed by atoms with Gasteiger partial charge in [0.15, 0.2) is 0 Å². The minimum atomic E-state index is -0.464. The third-order valence-electron chi connectivity index (χ3n) is 6.35. The van der Waals surface area contributed by atoms with Crippen LogP contribution in [0.4, 0.5) is 9.18 Å². The third kappa shape index (κ3) is 3.79. The number of nitrogens with zero attached hydrogens (tertiary/aromatic N) is 5. The highest BCUT2D eigenvalue weighted by atomic mass is 35.5. The quantitative estimate of drug-likeness (QED) is 0.445. The number of benzene rings is 2. The van der Waals surface area contributed by atoms with Crippen LogP contribution in [0, 0.1) is 5.82 Å². The summed E-state index contributed by atoms with van der Waals surface area (Å²) < 4.78 is 16.9. The third-order valence-corrected chi connectivity index (χ3v) is 6.60. The summed E-state index contributed by atoms with van der Waals surface area (Å²) in [6, 6.07) is 11.1. The number of aromatic nitrogens is 3. The highest BCUT2D eigenvalue weighted by Crippen LogP contribution is 2.30. The predicted molar refractivity (Wildman–Crippen MR) is 126 cm³/mol. The molecule has 3 heterocycles. The van der Waals surface area contributed by atoms with E-state index >= 15 is 0 Å². The van der Waals surface area contributed by atoms with Gasteiger partial charge in [0.05, 0.1) is 16.8 Å². The van der Waals surface area contributed by atoms with Crippen molar-refractivity contribution in [1.29, 1.82) is 0 Å². The molecule has 7 nitrogen and oxygen atoms in total. The Kier molecular flexibility index (Phi) is 5.42. The molecule has 0 radical (unpaired) electrons. The zero-order valence-corrected chi connectivity index (χ0v) is 19.1. The molecule has 0 aliphatic carbocycles. The fourth-order valence-electron chi connectivity index (χ4n) is 4.48. The Morgan fingerprint density at radius 2 is 1.82 bits per heavy atom. The summed E-state index contributed by atoms with van der Waals surface area (Å²) >= 11 is 5.97. The van der Waals surface area contributed by atoms with Crippen LogP contribution in [-0.2, 0) is 0 Å². The number of pyridine rings is 1. The topological polar surface area (TPSA) is 63.4 Å². The van der Waals surface area contributed by atoms with Crippen molar-refractivity contribution in [2.75, 3.05) is 27.2 Å². The second-order valence-electron chi connectivity index (χ2n) is 8.58. The molecule has 1 fully saturated rings. The molecule has 1 amide bonds. The SMILES string of the molecule is CN(C)C1CCN(C(=O)n2cc3c(=O)n(-c4ccc(Cl)cc4)nc-3c3cc(F)ccc32)CC1. The summed E-state index contributed by atoms with van der Waals surface area (Å²) in [4.78, 5) is 30.7. The van der Waals surface area contributed by atoms with Gasteiger partial charge >= 0.3 is 6.03 Å². The van der Waals surface area contributed by atoms with E-state index in [-0.39, 0.29) is 17.2 Å². The summed E-state index contributed by atoms with van der Waals surface area (Å²) in [5, 5.41) is 5.42. The summed E-state index contributed by atoms with van der Waals surface area (Å²) in [7, 11) is 4.09. The number of rotatable bonds is 2. The van der Waals surface area contributed by atoms with Gasteiger partial charge in [-0.15, -0.1) is 0 Å². The molecule has 33 heavy (non-hydrogen) atoms. The maximum atomic E-state index is 14.2. The number of likely N-dealkylation sites (tertiary alicyclic amines) is 1. The Morgan fingerprint density at radius 3 is 2.48 bits per heavy atom.